The zero-order chi connectivity index (χ0) is 26.5. The van der Waals surface area contributed by atoms with Crippen molar-refractivity contribution in [3.05, 3.63) is 63.5 Å². The third kappa shape index (κ3) is 5.14. The first-order chi connectivity index (χ1) is 17.5. The number of hydrogen-bond acceptors (Lipinski definition) is 7. The highest BCUT2D eigenvalue weighted by Crippen LogP contribution is 2.36. The van der Waals surface area contributed by atoms with Gasteiger partial charge in [0.05, 0.1) is 16.8 Å². The molecule has 9 nitrogen and oxygen atoms in total. The summed E-state index contributed by atoms with van der Waals surface area (Å²) in [6, 6.07) is 11.5. The van der Waals surface area contributed by atoms with Crippen molar-refractivity contribution < 1.29 is 18.0 Å². The Morgan fingerprint density at radius 3 is 2.65 bits per heavy atom. The van der Waals surface area contributed by atoms with Crippen LogP contribution in [0.4, 0.5) is 0 Å². The van der Waals surface area contributed by atoms with Gasteiger partial charge in [-0.15, -0.1) is 11.3 Å². The quantitative estimate of drug-likeness (QED) is 0.372. The second-order valence-electron chi connectivity index (χ2n) is 9.49. The minimum absolute atomic E-state index is 0.0709. The normalized spacial score (nSPS) is 14.6. The van der Waals surface area contributed by atoms with Crippen molar-refractivity contribution in [2.45, 2.75) is 31.1 Å². The Morgan fingerprint density at radius 2 is 1.95 bits per heavy atom. The van der Waals surface area contributed by atoms with E-state index >= 15 is 0 Å². The standard InChI is InChI=1S/C26H26N4O5S2/c1-14-10-20-21(12-19(14)15-4-7-18-16(11-15)8-9-30(2)26(18)33)36-25(29-20)23(37(3,34)35)24(32)27-13-22(31)28-17-5-6-17/h4,7-12,17,23H,5-6,13H2,1-3H3,(H,27,32)(H,28,31). The molecule has 0 bridgehead atoms. The van der Waals surface area contributed by atoms with Crippen LogP contribution in [0.3, 0.4) is 0 Å². The smallest absolute Gasteiger partial charge is 0.258 e. The molecule has 2 aromatic heterocycles. The van der Waals surface area contributed by atoms with Crippen molar-refractivity contribution in [3.63, 3.8) is 0 Å². The summed E-state index contributed by atoms with van der Waals surface area (Å²) in [7, 11) is -2.14. The molecule has 2 amide bonds. The summed E-state index contributed by atoms with van der Waals surface area (Å²) in [4.78, 5) is 41.7. The molecule has 11 heteroatoms. The summed E-state index contributed by atoms with van der Waals surface area (Å²) >= 11 is 1.14. The Morgan fingerprint density at radius 1 is 1.19 bits per heavy atom. The van der Waals surface area contributed by atoms with Crippen LogP contribution in [0.1, 0.15) is 28.7 Å². The van der Waals surface area contributed by atoms with Crippen LogP contribution < -0.4 is 16.2 Å². The molecule has 4 aromatic rings. The lowest BCUT2D eigenvalue weighted by atomic mass is 9.98. The second-order valence-corrected chi connectivity index (χ2v) is 12.7. The van der Waals surface area contributed by atoms with Crippen LogP contribution >= 0.6 is 11.3 Å². The number of sulfone groups is 1. The van der Waals surface area contributed by atoms with E-state index in [9.17, 15) is 22.8 Å². The van der Waals surface area contributed by atoms with Crippen molar-refractivity contribution in [2.75, 3.05) is 12.8 Å². The molecule has 1 atom stereocenters. The van der Waals surface area contributed by atoms with Gasteiger partial charge < -0.3 is 15.2 Å². The highest BCUT2D eigenvalue weighted by Gasteiger charge is 2.34. The number of thiazole rings is 1. The summed E-state index contributed by atoms with van der Waals surface area (Å²) < 4.78 is 27.4. The molecular weight excluding hydrogens is 512 g/mol. The third-order valence-electron chi connectivity index (χ3n) is 6.40. The summed E-state index contributed by atoms with van der Waals surface area (Å²) in [6.45, 7) is 1.64. The molecule has 1 unspecified atom stereocenters. The number of aromatic nitrogens is 2. The van der Waals surface area contributed by atoms with Gasteiger partial charge in [-0.25, -0.2) is 13.4 Å². The molecule has 192 valence electrons. The van der Waals surface area contributed by atoms with Gasteiger partial charge in [0.2, 0.25) is 11.8 Å². The Labute approximate surface area is 217 Å². The van der Waals surface area contributed by atoms with Crippen molar-refractivity contribution >= 4 is 54.0 Å². The Hall–Kier alpha value is -3.57. The Bertz CT molecular complexity index is 1740. The number of fused-ring (bicyclic) bond motifs is 2. The van der Waals surface area contributed by atoms with Gasteiger partial charge in [0, 0.05) is 30.9 Å². The van der Waals surface area contributed by atoms with Crippen LogP contribution in [0.5, 0.6) is 0 Å². The number of rotatable bonds is 7. The molecule has 0 radical (unpaired) electrons. The zero-order valence-corrected chi connectivity index (χ0v) is 22.2. The average molecular weight is 539 g/mol. The monoisotopic (exact) mass is 538 g/mol. The minimum Gasteiger partial charge on any atom is -0.352 e. The van der Waals surface area contributed by atoms with Crippen LogP contribution in [0.2, 0.25) is 0 Å². The molecule has 0 aliphatic heterocycles. The lowest BCUT2D eigenvalue weighted by Crippen LogP contribution is -2.41. The number of amides is 2. The fourth-order valence-electron chi connectivity index (χ4n) is 4.29. The van der Waals surface area contributed by atoms with Crippen molar-refractivity contribution in [1.82, 2.24) is 20.2 Å². The van der Waals surface area contributed by atoms with Gasteiger partial charge in [-0.2, -0.15) is 0 Å². The van der Waals surface area contributed by atoms with Gasteiger partial charge in [-0.05, 0) is 72.2 Å². The van der Waals surface area contributed by atoms with E-state index in [2.05, 4.69) is 15.6 Å². The molecular formula is C26H26N4O5S2. The average Bonchev–Trinajstić information content (AvgIpc) is 3.56. The predicted octanol–water partition coefficient (Wildman–Crippen LogP) is 2.60. The van der Waals surface area contributed by atoms with Gasteiger partial charge >= 0.3 is 0 Å². The number of hydrogen-bond donors (Lipinski definition) is 2. The van der Waals surface area contributed by atoms with Crippen molar-refractivity contribution in [3.8, 4) is 11.1 Å². The Balaban J connectivity index is 1.48. The number of carbonyl (C=O) groups is 2. The van der Waals surface area contributed by atoms with Crippen LogP contribution in [0.15, 0.2) is 47.4 Å². The van der Waals surface area contributed by atoms with Gasteiger partial charge in [0.15, 0.2) is 15.1 Å². The van der Waals surface area contributed by atoms with E-state index in [1.807, 2.05) is 37.3 Å². The van der Waals surface area contributed by atoms with Gasteiger partial charge in [0.1, 0.15) is 5.01 Å². The summed E-state index contributed by atoms with van der Waals surface area (Å²) in [6.07, 6.45) is 4.54. The summed E-state index contributed by atoms with van der Waals surface area (Å²) in [5, 5.41) is 5.29. The van der Waals surface area contributed by atoms with Crippen LogP contribution in [-0.4, -0.2) is 48.6 Å². The van der Waals surface area contributed by atoms with E-state index in [1.54, 1.807) is 19.3 Å². The molecule has 2 N–H and O–H groups in total. The van der Waals surface area contributed by atoms with E-state index in [1.165, 1.54) is 4.57 Å². The van der Waals surface area contributed by atoms with E-state index in [-0.39, 0.29) is 29.1 Å². The lowest BCUT2D eigenvalue weighted by Gasteiger charge is -2.12. The first-order valence-corrected chi connectivity index (χ1v) is 14.5. The number of pyridine rings is 1. The maximum Gasteiger partial charge on any atom is 0.258 e. The molecule has 2 aromatic carbocycles. The molecule has 1 aliphatic rings. The SMILES string of the molecule is Cc1cc2nc(C(C(=O)NCC(=O)NC3CC3)S(C)(=O)=O)sc2cc1-c1ccc2c(=O)n(C)ccc2c1. The van der Waals surface area contributed by atoms with Crippen molar-refractivity contribution in [2.24, 2.45) is 7.05 Å². The number of nitrogens with zero attached hydrogens (tertiary/aromatic N) is 2. The van der Waals surface area contributed by atoms with Gasteiger partial charge in [0.25, 0.3) is 5.56 Å². The highest BCUT2D eigenvalue weighted by molar-refractivity contribution is 7.91. The first kappa shape index (κ1) is 25.1. The molecule has 2 heterocycles. The summed E-state index contributed by atoms with van der Waals surface area (Å²) in [5.41, 5.74) is 3.27. The topological polar surface area (TPSA) is 127 Å². The fourth-order valence-corrected chi connectivity index (χ4v) is 6.82. The maximum atomic E-state index is 12.9. The highest BCUT2D eigenvalue weighted by atomic mass is 32.2. The van der Waals surface area contributed by atoms with Crippen LogP contribution in [-0.2, 0) is 26.5 Å². The van der Waals surface area contributed by atoms with Gasteiger partial charge in [-0.1, -0.05) is 6.07 Å². The molecule has 37 heavy (non-hydrogen) atoms. The summed E-state index contributed by atoms with van der Waals surface area (Å²) in [5.74, 6) is -1.12. The van der Waals surface area contributed by atoms with Gasteiger partial charge in [-0.3, -0.25) is 14.4 Å². The third-order valence-corrected chi connectivity index (χ3v) is 8.92. The van der Waals surface area contributed by atoms with E-state index < -0.39 is 21.0 Å². The molecule has 0 spiro atoms. The van der Waals surface area contributed by atoms with E-state index in [4.69, 9.17) is 0 Å². The van der Waals surface area contributed by atoms with Crippen molar-refractivity contribution in [1.29, 1.82) is 0 Å². The second kappa shape index (κ2) is 9.38. The number of carbonyl (C=O) groups excluding carboxylic acids is 2. The largest absolute Gasteiger partial charge is 0.352 e. The van der Waals surface area contributed by atoms with Crippen LogP contribution in [0, 0.1) is 6.92 Å². The molecule has 1 saturated carbocycles. The maximum absolute atomic E-state index is 12.9. The van der Waals surface area contributed by atoms with E-state index in [0.717, 1.165) is 57.2 Å². The molecule has 1 fully saturated rings. The number of benzene rings is 2. The minimum atomic E-state index is -3.86. The lowest BCUT2D eigenvalue weighted by molar-refractivity contribution is -0.126. The first-order valence-electron chi connectivity index (χ1n) is 11.8. The van der Waals surface area contributed by atoms with Crippen LogP contribution in [0.25, 0.3) is 32.1 Å². The molecule has 1 aliphatic carbocycles. The molecule has 0 saturated heterocycles. The fraction of sp³-hybridized carbons (Fsp3) is 0.308. The number of nitrogens with one attached hydrogen (secondary N) is 2. The predicted molar refractivity (Wildman–Crippen MR) is 144 cm³/mol. The van der Waals surface area contributed by atoms with E-state index in [0.29, 0.717) is 10.9 Å². The zero-order valence-electron chi connectivity index (χ0n) is 20.6. The molecule has 5 rings (SSSR count). The number of aryl methyl sites for hydroxylation is 2. The Kier molecular flexibility index (Phi) is 6.36.